The van der Waals surface area contributed by atoms with Gasteiger partial charge in [0.15, 0.2) is 0 Å². The summed E-state index contributed by atoms with van der Waals surface area (Å²) < 4.78 is 1.86. The molecule has 0 spiro atoms. The molecular formula is C21H23N5O2. The SMILES string of the molecule is Cc1ccn2cc(C(=O)N3CCC(C(=O)NCc4cccnc4)CC3)nc2c1. The van der Waals surface area contributed by atoms with E-state index in [0.717, 1.165) is 16.8 Å². The van der Waals surface area contributed by atoms with Crippen LogP contribution in [0.3, 0.4) is 0 Å². The number of rotatable bonds is 4. The van der Waals surface area contributed by atoms with Crippen LogP contribution in [0.25, 0.3) is 5.65 Å². The molecule has 7 heteroatoms. The number of imidazole rings is 1. The second-order valence-corrected chi connectivity index (χ2v) is 7.24. The molecule has 28 heavy (non-hydrogen) atoms. The van der Waals surface area contributed by atoms with Crippen LogP contribution in [-0.4, -0.2) is 44.2 Å². The predicted octanol–water partition coefficient (Wildman–Crippen LogP) is 2.21. The summed E-state index contributed by atoms with van der Waals surface area (Å²) in [5.41, 5.74) is 3.30. The van der Waals surface area contributed by atoms with Crippen LogP contribution in [0.5, 0.6) is 0 Å². The van der Waals surface area contributed by atoms with E-state index in [2.05, 4.69) is 15.3 Å². The average Bonchev–Trinajstić information content (AvgIpc) is 3.15. The van der Waals surface area contributed by atoms with Gasteiger partial charge < -0.3 is 14.6 Å². The number of hydrogen-bond acceptors (Lipinski definition) is 4. The lowest BCUT2D eigenvalue weighted by atomic mass is 9.95. The number of carbonyl (C=O) groups excluding carboxylic acids is 2. The summed E-state index contributed by atoms with van der Waals surface area (Å²) in [5, 5.41) is 2.97. The molecule has 0 bridgehead atoms. The molecule has 0 aromatic carbocycles. The minimum absolute atomic E-state index is 0.0409. The van der Waals surface area contributed by atoms with Crippen LogP contribution in [0.4, 0.5) is 0 Å². The van der Waals surface area contributed by atoms with Crippen molar-refractivity contribution < 1.29 is 9.59 Å². The van der Waals surface area contributed by atoms with Crippen LogP contribution >= 0.6 is 0 Å². The first-order chi connectivity index (χ1) is 13.6. The van der Waals surface area contributed by atoms with Gasteiger partial charge in [-0.3, -0.25) is 14.6 Å². The minimum atomic E-state index is -0.0735. The molecule has 2 amide bonds. The van der Waals surface area contributed by atoms with Crippen molar-refractivity contribution in [2.45, 2.75) is 26.3 Å². The topological polar surface area (TPSA) is 79.6 Å². The first-order valence-electron chi connectivity index (χ1n) is 9.51. The van der Waals surface area contributed by atoms with E-state index in [1.54, 1.807) is 23.5 Å². The van der Waals surface area contributed by atoms with Crippen molar-refractivity contribution in [2.75, 3.05) is 13.1 Å². The van der Waals surface area contributed by atoms with Crippen molar-refractivity contribution in [1.82, 2.24) is 24.6 Å². The van der Waals surface area contributed by atoms with Crippen LogP contribution in [-0.2, 0) is 11.3 Å². The average molecular weight is 377 g/mol. The van der Waals surface area contributed by atoms with Gasteiger partial charge in [0.25, 0.3) is 5.91 Å². The second-order valence-electron chi connectivity index (χ2n) is 7.24. The number of fused-ring (bicyclic) bond motifs is 1. The van der Waals surface area contributed by atoms with Gasteiger partial charge in [0, 0.05) is 50.3 Å². The number of aryl methyl sites for hydroxylation is 1. The Morgan fingerprint density at radius 1 is 1.25 bits per heavy atom. The lowest BCUT2D eigenvalue weighted by Gasteiger charge is -2.30. The van der Waals surface area contributed by atoms with Gasteiger partial charge in [-0.25, -0.2) is 4.98 Å². The fourth-order valence-corrected chi connectivity index (χ4v) is 3.53. The van der Waals surface area contributed by atoms with Gasteiger partial charge >= 0.3 is 0 Å². The van der Waals surface area contributed by atoms with Gasteiger partial charge in [-0.2, -0.15) is 0 Å². The summed E-state index contributed by atoms with van der Waals surface area (Å²) in [6.45, 7) is 3.61. The number of carbonyl (C=O) groups is 2. The molecule has 7 nitrogen and oxygen atoms in total. The highest BCUT2D eigenvalue weighted by Gasteiger charge is 2.28. The van der Waals surface area contributed by atoms with Crippen molar-refractivity contribution in [3.05, 3.63) is 65.9 Å². The van der Waals surface area contributed by atoms with E-state index in [9.17, 15) is 9.59 Å². The Labute approximate surface area is 163 Å². The van der Waals surface area contributed by atoms with Crippen molar-refractivity contribution in [1.29, 1.82) is 0 Å². The van der Waals surface area contributed by atoms with Crippen LogP contribution in [0.15, 0.2) is 49.1 Å². The highest BCUT2D eigenvalue weighted by Crippen LogP contribution is 2.20. The van der Waals surface area contributed by atoms with E-state index in [1.165, 1.54) is 0 Å². The quantitative estimate of drug-likeness (QED) is 0.756. The normalized spacial score (nSPS) is 15.0. The molecule has 3 aromatic heterocycles. The largest absolute Gasteiger partial charge is 0.352 e. The van der Waals surface area contributed by atoms with Crippen molar-refractivity contribution in [3.8, 4) is 0 Å². The Morgan fingerprint density at radius 3 is 2.82 bits per heavy atom. The lowest BCUT2D eigenvalue weighted by molar-refractivity contribution is -0.126. The first kappa shape index (κ1) is 18.2. The van der Waals surface area contributed by atoms with Gasteiger partial charge in [-0.15, -0.1) is 0 Å². The Bertz CT molecular complexity index is 990. The molecule has 1 aliphatic rings. The molecule has 1 saturated heterocycles. The van der Waals surface area contributed by atoms with Crippen LogP contribution in [0, 0.1) is 12.8 Å². The minimum Gasteiger partial charge on any atom is -0.352 e. The summed E-state index contributed by atoms with van der Waals surface area (Å²) >= 11 is 0. The monoisotopic (exact) mass is 377 g/mol. The number of hydrogen-bond donors (Lipinski definition) is 1. The van der Waals surface area contributed by atoms with E-state index in [4.69, 9.17) is 0 Å². The molecule has 144 valence electrons. The van der Waals surface area contributed by atoms with E-state index < -0.39 is 0 Å². The molecule has 0 radical (unpaired) electrons. The number of aromatic nitrogens is 3. The van der Waals surface area contributed by atoms with Crippen LogP contribution < -0.4 is 5.32 Å². The summed E-state index contributed by atoms with van der Waals surface area (Å²) in [6, 6.07) is 7.73. The number of amides is 2. The van der Waals surface area contributed by atoms with E-state index in [-0.39, 0.29) is 17.7 Å². The zero-order valence-electron chi connectivity index (χ0n) is 15.8. The van der Waals surface area contributed by atoms with E-state index in [0.29, 0.717) is 38.2 Å². The summed E-state index contributed by atoms with van der Waals surface area (Å²) in [5.74, 6) is -0.0980. The molecule has 1 fully saturated rings. The Morgan fingerprint density at radius 2 is 2.07 bits per heavy atom. The van der Waals surface area contributed by atoms with E-state index >= 15 is 0 Å². The summed E-state index contributed by atoms with van der Waals surface area (Å²) in [6.07, 6.45) is 8.46. The van der Waals surface area contributed by atoms with Crippen LogP contribution in [0.1, 0.15) is 34.5 Å². The molecule has 3 aromatic rings. The van der Waals surface area contributed by atoms with Gasteiger partial charge in [-0.1, -0.05) is 6.07 Å². The number of nitrogens with one attached hydrogen (secondary N) is 1. The molecule has 1 aliphatic heterocycles. The Hall–Kier alpha value is -3.22. The highest BCUT2D eigenvalue weighted by atomic mass is 16.2. The fraction of sp³-hybridized carbons (Fsp3) is 0.333. The Balaban J connectivity index is 1.32. The maximum absolute atomic E-state index is 12.8. The van der Waals surface area contributed by atoms with Crippen molar-refractivity contribution in [2.24, 2.45) is 5.92 Å². The van der Waals surface area contributed by atoms with Crippen molar-refractivity contribution >= 4 is 17.5 Å². The molecule has 4 heterocycles. The predicted molar refractivity (Wildman–Crippen MR) is 105 cm³/mol. The summed E-state index contributed by atoms with van der Waals surface area (Å²) in [7, 11) is 0. The zero-order chi connectivity index (χ0) is 19.5. The second kappa shape index (κ2) is 7.80. The number of piperidine rings is 1. The number of likely N-dealkylation sites (tertiary alicyclic amines) is 1. The molecule has 1 N–H and O–H groups in total. The van der Waals surface area contributed by atoms with Gasteiger partial charge in [-0.05, 0) is 49.1 Å². The third-order valence-corrected chi connectivity index (χ3v) is 5.18. The number of pyridine rings is 2. The lowest BCUT2D eigenvalue weighted by Crippen LogP contribution is -2.43. The third kappa shape index (κ3) is 3.88. The zero-order valence-corrected chi connectivity index (χ0v) is 15.8. The third-order valence-electron chi connectivity index (χ3n) is 5.18. The molecule has 0 unspecified atom stereocenters. The summed E-state index contributed by atoms with van der Waals surface area (Å²) in [4.78, 5) is 35.5. The van der Waals surface area contributed by atoms with Gasteiger partial charge in [0.1, 0.15) is 11.3 Å². The number of nitrogens with zero attached hydrogens (tertiary/aromatic N) is 4. The molecule has 0 atom stereocenters. The Kier molecular flexibility index (Phi) is 5.06. The van der Waals surface area contributed by atoms with Crippen LogP contribution in [0.2, 0.25) is 0 Å². The molecule has 0 saturated carbocycles. The standard InChI is InChI=1S/C21H23N5O2/c1-15-4-8-26-14-18(24-19(26)11-15)21(28)25-9-5-17(6-10-25)20(27)23-13-16-3-2-7-22-12-16/h2-4,7-8,11-12,14,17H,5-6,9-10,13H2,1H3,(H,23,27). The maximum atomic E-state index is 12.8. The first-order valence-corrected chi connectivity index (χ1v) is 9.51. The van der Waals surface area contributed by atoms with Gasteiger partial charge in [0.05, 0.1) is 0 Å². The smallest absolute Gasteiger partial charge is 0.274 e. The maximum Gasteiger partial charge on any atom is 0.274 e. The van der Waals surface area contributed by atoms with Gasteiger partial charge in [0.2, 0.25) is 5.91 Å². The van der Waals surface area contributed by atoms with Crippen molar-refractivity contribution in [3.63, 3.8) is 0 Å². The van der Waals surface area contributed by atoms with E-state index in [1.807, 2.05) is 41.8 Å². The molecular weight excluding hydrogens is 354 g/mol. The highest BCUT2D eigenvalue weighted by molar-refractivity contribution is 5.93. The molecule has 0 aliphatic carbocycles. The fourth-order valence-electron chi connectivity index (χ4n) is 3.53. The molecule has 4 rings (SSSR count).